The number of ether oxygens (including phenoxy) is 4. The third-order valence-electron chi connectivity index (χ3n) is 5.50. The molecule has 2 aromatic carbocycles. The number of rotatable bonds is 11. The number of nitrogens with one attached hydrogen (secondary N) is 1. The number of esters is 1. The first kappa shape index (κ1) is 25.2. The number of pyridine rings is 1. The van der Waals surface area contributed by atoms with Crippen LogP contribution >= 0.6 is 0 Å². The van der Waals surface area contributed by atoms with Crippen molar-refractivity contribution in [3.63, 3.8) is 0 Å². The molecular formula is C26H27N3O6S. The van der Waals surface area contributed by atoms with E-state index in [9.17, 15) is 9.00 Å². The van der Waals surface area contributed by atoms with Gasteiger partial charge in [-0.3, -0.25) is 9.19 Å². The summed E-state index contributed by atoms with van der Waals surface area (Å²) < 4.78 is 34.6. The van der Waals surface area contributed by atoms with E-state index in [0.717, 1.165) is 16.6 Å². The number of H-pyrrole nitrogens is 1. The van der Waals surface area contributed by atoms with Gasteiger partial charge in [-0.25, -0.2) is 9.78 Å². The summed E-state index contributed by atoms with van der Waals surface area (Å²) in [7, 11) is 1.43. The summed E-state index contributed by atoms with van der Waals surface area (Å²) >= 11 is 0. The van der Waals surface area contributed by atoms with Gasteiger partial charge in [-0.2, -0.15) is 0 Å². The van der Waals surface area contributed by atoms with Crippen LogP contribution < -0.4 is 14.2 Å². The van der Waals surface area contributed by atoms with Gasteiger partial charge in [-0.1, -0.05) is 12.1 Å². The van der Waals surface area contributed by atoms with E-state index in [1.807, 2.05) is 31.2 Å². The largest absolute Gasteiger partial charge is 0.496 e. The summed E-state index contributed by atoms with van der Waals surface area (Å²) in [5, 5.41) is 0.428. The van der Waals surface area contributed by atoms with E-state index >= 15 is 0 Å². The molecule has 188 valence electrons. The summed E-state index contributed by atoms with van der Waals surface area (Å²) in [5.41, 5.74) is 3.50. The van der Waals surface area contributed by atoms with Crippen LogP contribution in [0.25, 0.3) is 11.0 Å². The monoisotopic (exact) mass is 509 g/mol. The minimum Gasteiger partial charge on any atom is -0.496 e. The van der Waals surface area contributed by atoms with Crippen molar-refractivity contribution in [2.45, 2.75) is 24.3 Å². The van der Waals surface area contributed by atoms with Gasteiger partial charge in [0.1, 0.15) is 22.8 Å². The fourth-order valence-corrected chi connectivity index (χ4v) is 4.66. The highest BCUT2D eigenvalue weighted by molar-refractivity contribution is 7.84. The Morgan fingerprint density at radius 3 is 2.61 bits per heavy atom. The average Bonchev–Trinajstić information content (AvgIpc) is 3.34. The van der Waals surface area contributed by atoms with Gasteiger partial charge in [0, 0.05) is 24.2 Å². The number of nitrogens with zero attached hydrogens (tertiary/aromatic N) is 2. The highest BCUT2D eigenvalue weighted by atomic mass is 32.2. The van der Waals surface area contributed by atoms with Crippen LogP contribution in [0.5, 0.6) is 17.2 Å². The number of fused-ring (bicyclic) bond motifs is 1. The lowest BCUT2D eigenvalue weighted by Crippen LogP contribution is -2.08. The minimum atomic E-state index is -1.37. The highest BCUT2D eigenvalue weighted by Gasteiger charge is 2.16. The Bertz CT molecular complexity index is 1350. The molecular weight excluding hydrogens is 482 g/mol. The fourth-order valence-electron chi connectivity index (χ4n) is 3.56. The Balaban J connectivity index is 1.30. The molecule has 0 saturated carbocycles. The first-order valence-electron chi connectivity index (χ1n) is 11.3. The second kappa shape index (κ2) is 11.7. The van der Waals surface area contributed by atoms with Crippen molar-refractivity contribution in [2.75, 3.05) is 27.4 Å². The first-order valence-corrected chi connectivity index (χ1v) is 12.6. The average molecular weight is 510 g/mol. The number of para-hydroxylation sites is 2. The number of aromatic amines is 1. The lowest BCUT2D eigenvalue weighted by molar-refractivity contribution is 0.0597. The Morgan fingerprint density at radius 1 is 1.03 bits per heavy atom. The van der Waals surface area contributed by atoms with Crippen molar-refractivity contribution < 1.29 is 28.0 Å². The molecule has 9 nitrogen and oxygen atoms in total. The molecule has 1 N–H and O–H groups in total. The molecule has 1 atom stereocenters. The number of aromatic nitrogens is 3. The summed E-state index contributed by atoms with van der Waals surface area (Å²) in [6.45, 7) is 2.74. The quantitative estimate of drug-likeness (QED) is 0.236. The van der Waals surface area contributed by atoms with Crippen LogP contribution in [0.1, 0.15) is 28.0 Å². The van der Waals surface area contributed by atoms with Gasteiger partial charge in [0.2, 0.25) is 0 Å². The van der Waals surface area contributed by atoms with Crippen molar-refractivity contribution in [3.05, 3.63) is 71.5 Å². The van der Waals surface area contributed by atoms with Crippen molar-refractivity contribution >= 4 is 27.8 Å². The zero-order valence-corrected chi connectivity index (χ0v) is 21.1. The van der Waals surface area contributed by atoms with Crippen molar-refractivity contribution in [1.29, 1.82) is 0 Å². The van der Waals surface area contributed by atoms with Crippen LogP contribution in [0.4, 0.5) is 0 Å². The summed E-state index contributed by atoms with van der Waals surface area (Å²) in [4.78, 5) is 23.7. The van der Waals surface area contributed by atoms with E-state index in [4.69, 9.17) is 18.9 Å². The molecule has 2 heterocycles. The number of hydrogen-bond donors (Lipinski definition) is 1. The molecule has 0 saturated heterocycles. The number of hydrogen-bond acceptors (Lipinski definition) is 8. The van der Waals surface area contributed by atoms with Crippen molar-refractivity contribution in [3.8, 4) is 17.2 Å². The van der Waals surface area contributed by atoms with Crippen LogP contribution in [0.3, 0.4) is 0 Å². The van der Waals surface area contributed by atoms with Crippen LogP contribution in [0, 0.1) is 6.92 Å². The van der Waals surface area contributed by atoms with Crippen LogP contribution in [-0.4, -0.2) is 52.6 Å². The molecule has 4 rings (SSSR count). The van der Waals surface area contributed by atoms with Gasteiger partial charge in [0.05, 0.1) is 60.7 Å². The Labute approximate surface area is 211 Å². The van der Waals surface area contributed by atoms with E-state index in [-0.39, 0.29) is 5.75 Å². The molecule has 0 fully saturated rings. The predicted octanol–water partition coefficient (Wildman–Crippen LogP) is 4.22. The zero-order chi connectivity index (χ0) is 25.5. The molecule has 4 aromatic rings. The molecule has 0 amide bonds. The normalized spacial score (nSPS) is 11.8. The smallest absolute Gasteiger partial charge is 0.341 e. The summed E-state index contributed by atoms with van der Waals surface area (Å²) in [6.07, 6.45) is 2.28. The number of carbonyl (C=O) groups is 1. The van der Waals surface area contributed by atoms with E-state index < -0.39 is 16.8 Å². The van der Waals surface area contributed by atoms with E-state index in [1.54, 1.807) is 30.5 Å². The van der Waals surface area contributed by atoms with Crippen LogP contribution in [0.15, 0.2) is 59.9 Å². The molecule has 0 radical (unpaired) electrons. The van der Waals surface area contributed by atoms with Gasteiger partial charge in [0.15, 0.2) is 5.16 Å². The first-order chi connectivity index (χ1) is 17.5. The number of carbonyl (C=O) groups excluding carboxylic acids is 1. The Kier molecular flexibility index (Phi) is 8.17. The van der Waals surface area contributed by atoms with Crippen molar-refractivity contribution in [1.82, 2.24) is 15.0 Å². The van der Waals surface area contributed by atoms with Gasteiger partial charge >= 0.3 is 5.97 Å². The maximum atomic E-state index is 12.9. The van der Waals surface area contributed by atoms with E-state index in [2.05, 4.69) is 15.0 Å². The van der Waals surface area contributed by atoms with E-state index in [0.29, 0.717) is 53.3 Å². The molecule has 0 aliphatic rings. The standard InChI is InChI=1S/C26H27N3O6S/c1-17-22(16-36(31)26-28-20-7-4-5-8-21(20)29-26)27-12-11-23(17)35-14-6-13-34-18-9-10-19(25(30)33-3)24(15-18)32-2/h4-5,7-12,15H,6,13-14,16H2,1-3H3,(H,28,29). The maximum Gasteiger partial charge on any atom is 0.341 e. The second-order valence-corrected chi connectivity index (χ2v) is 9.20. The minimum absolute atomic E-state index is 0.232. The van der Waals surface area contributed by atoms with Gasteiger partial charge in [-0.05, 0) is 37.3 Å². The third-order valence-corrected chi connectivity index (χ3v) is 6.66. The van der Waals surface area contributed by atoms with Crippen LogP contribution in [0.2, 0.25) is 0 Å². The van der Waals surface area contributed by atoms with E-state index in [1.165, 1.54) is 14.2 Å². The van der Waals surface area contributed by atoms with Crippen molar-refractivity contribution in [2.24, 2.45) is 0 Å². The lowest BCUT2D eigenvalue weighted by atomic mass is 10.2. The molecule has 0 bridgehead atoms. The molecule has 0 spiro atoms. The molecule has 0 aliphatic heterocycles. The summed E-state index contributed by atoms with van der Waals surface area (Å²) in [5.74, 6) is 1.41. The zero-order valence-electron chi connectivity index (χ0n) is 20.3. The van der Waals surface area contributed by atoms with Gasteiger partial charge in [0.25, 0.3) is 0 Å². The molecule has 2 aromatic heterocycles. The summed E-state index contributed by atoms with van der Waals surface area (Å²) in [6, 6.07) is 14.3. The molecule has 10 heteroatoms. The second-order valence-electron chi connectivity index (χ2n) is 7.83. The lowest BCUT2D eigenvalue weighted by Gasteiger charge is -2.13. The Hall–Kier alpha value is -3.92. The molecule has 1 unspecified atom stereocenters. The number of benzene rings is 2. The number of imidazole rings is 1. The van der Waals surface area contributed by atoms with Gasteiger partial charge < -0.3 is 23.9 Å². The molecule has 0 aliphatic carbocycles. The van der Waals surface area contributed by atoms with Gasteiger partial charge in [-0.15, -0.1) is 0 Å². The predicted molar refractivity (Wildman–Crippen MR) is 135 cm³/mol. The maximum absolute atomic E-state index is 12.9. The third kappa shape index (κ3) is 5.83. The topological polar surface area (TPSA) is 113 Å². The number of methoxy groups -OCH3 is 2. The SMILES string of the molecule is COC(=O)c1ccc(OCCCOc2ccnc(CS(=O)c3nc4ccccc4[nH]3)c2C)cc1OC. The van der Waals surface area contributed by atoms with Crippen LogP contribution in [-0.2, 0) is 21.3 Å². The Morgan fingerprint density at radius 2 is 1.83 bits per heavy atom. The fraction of sp³-hybridized carbons (Fsp3) is 0.269. The molecule has 36 heavy (non-hydrogen) atoms. The highest BCUT2D eigenvalue weighted by Crippen LogP contribution is 2.26.